The fourth-order valence-electron chi connectivity index (χ4n) is 4.16. The molecule has 0 aliphatic carbocycles. The zero-order chi connectivity index (χ0) is 25.9. The summed E-state index contributed by atoms with van der Waals surface area (Å²) in [6, 6.07) is 5.70. The van der Waals surface area contributed by atoms with Crippen LogP contribution in [-0.2, 0) is 17.5 Å². The lowest BCUT2D eigenvalue weighted by molar-refractivity contribution is -0.141. The predicted octanol–water partition coefficient (Wildman–Crippen LogP) is 5.99. The van der Waals surface area contributed by atoms with Crippen molar-refractivity contribution in [3.05, 3.63) is 41.5 Å². The first kappa shape index (κ1) is 26.8. The van der Waals surface area contributed by atoms with Crippen LogP contribution in [0.25, 0.3) is 11.0 Å². The van der Waals surface area contributed by atoms with Gasteiger partial charge < -0.3 is 14.2 Å². The maximum Gasteiger partial charge on any atom is 0.434 e. The normalized spacial score (nSPS) is 15.6. The average Bonchev–Trinajstić information content (AvgIpc) is 3.21. The molecule has 35 heavy (non-hydrogen) atoms. The number of esters is 1. The SMILES string of the molecule is CC.CCOC(=O)c1cnc(N2CCn3c(nc4ccc(SC)cc43)C2C(C)C)nc1C(F)(F)F. The predicted molar refractivity (Wildman–Crippen MR) is 131 cm³/mol. The number of thioether (sulfide) groups is 1. The first-order valence-corrected chi connectivity index (χ1v) is 12.8. The summed E-state index contributed by atoms with van der Waals surface area (Å²) < 4.78 is 48.2. The number of carbonyl (C=O) groups excluding carboxylic acids is 1. The summed E-state index contributed by atoms with van der Waals surface area (Å²) >= 11 is 1.64. The molecule has 4 rings (SSSR count). The Morgan fingerprint density at radius 2 is 1.94 bits per heavy atom. The Kier molecular flexibility index (Phi) is 8.30. The van der Waals surface area contributed by atoms with Crippen molar-refractivity contribution in [1.82, 2.24) is 19.5 Å². The number of alkyl halides is 3. The Hall–Kier alpha value is -2.82. The van der Waals surface area contributed by atoms with Crippen molar-refractivity contribution in [3.8, 4) is 0 Å². The van der Waals surface area contributed by atoms with Gasteiger partial charge in [0.15, 0.2) is 5.69 Å². The number of halogens is 3. The van der Waals surface area contributed by atoms with Gasteiger partial charge in [-0.05, 0) is 37.3 Å². The Bertz CT molecular complexity index is 1200. The van der Waals surface area contributed by atoms with E-state index in [4.69, 9.17) is 9.72 Å². The van der Waals surface area contributed by atoms with Crippen molar-refractivity contribution in [2.45, 2.75) is 58.3 Å². The zero-order valence-corrected chi connectivity index (χ0v) is 21.5. The molecule has 7 nitrogen and oxygen atoms in total. The monoisotopic (exact) mass is 509 g/mol. The van der Waals surface area contributed by atoms with Crippen molar-refractivity contribution in [2.75, 3.05) is 24.3 Å². The van der Waals surface area contributed by atoms with Crippen LogP contribution in [0.2, 0.25) is 0 Å². The van der Waals surface area contributed by atoms with Crippen molar-refractivity contribution in [2.24, 2.45) is 5.92 Å². The second-order valence-electron chi connectivity index (χ2n) is 8.01. The summed E-state index contributed by atoms with van der Waals surface area (Å²) in [6.07, 6.45) is -1.92. The zero-order valence-electron chi connectivity index (χ0n) is 20.7. The molecular formula is C24H30F3N5O2S. The van der Waals surface area contributed by atoms with Crippen LogP contribution in [-0.4, -0.2) is 44.9 Å². The van der Waals surface area contributed by atoms with E-state index in [9.17, 15) is 18.0 Å². The topological polar surface area (TPSA) is 73.1 Å². The maximum absolute atomic E-state index is 13.8. The van der Waals surface area contributed by atoms with Gasteiger partial charge in [-0.3, -0.25) is 0 Å². The highest BCUT2D eigenvalue weighted by Gasteiger charge is 2.41. The number of fused-ring (bicyclic) bond motifs is 3. The molecule has 2 aromatic heterocycles. The Balaban J connectivity index is 0.00000167. The van der Waals surface area contributed by atoms with Gasteiger partial charge >= 0.3 is 12.1 Å². The van der Waals surface area contributed by atoms with Crippen molar-refractivity contribution >= 4 is 34.7 Å². The number of ether oxygens (including phenoxy) is 1. The minimum absolute atomic E-state index is 0.0172. The van der Waals surface area contributed by atoms with Crippen LogP contribution in [0.4, 0.5) is 19.1 Å². The van der Waals surface area contributed by atoms with E-state index in [0.717, 1.165) is 28.0 Å². The highest BCUT2D eigenvalue weighted by molar-refractivity contribution is 7.98. The van der Waals surface area contributed by atoms with Crippen LogP contribution in [0.5, 0.6) is 0 Å². The third-order valence-corrected chi connectivity index (χ3v) is 6.30. The molecule has 1 unspecified atom stereocenters. The van der Waals surface area contributed by atoms with Gasteiger partial charge in [-0.25, -0.2) is 19.7 Å². The lowest BCUT2D eigenvalue weighted by Crippen LogP contribution is -2.42. The average molecular weight is 510 g/mol. The Morgan fingerprint density at radius 3 is 2.54 bits per heavy atom. The number of hydrogen-bond acceptors (Lipinski definition) is 7. The van der Waals surface area contributed by atoms with Crippen LogP contribution in [0.3, 0.4) is 0 Å². The van der Waals surface area contributed by atoms with Crippen LogP contribution in [0.15, 0.2) is 29.3 Å². The van der Waals surface area contributed by atoms with Gasteiger partial charge in [0.2, 0.25) is 5.95 Å². The molecule has 11 heteroatoms. The van der Waals surface area contributed by atoms with Crippen LogP contribution in [0, 0.1) is 5.92 Å². The summed E-state index contributed by atoms with van der Waals surface area (Å²) in [5.74, 6) is -0.404. The summed E-state index contributed by atoms with van der Waals surface area (Å²) in [4.78, 5) is 27.7. The van der Waals surface area contributed by atoms with E-state index in [-0.39, 0.29) is 24.5 Å². The summed E-state index contributed by atoms with van der Waals surface area (Å²) in [6.45, 7) is 10.4. The molecule has 0 fully saturated rings. The first-order valence-electron chi connectivity index (χ1n) is 11.6. The molecule has 0 N–H and O–H groups in total. The third kappa shape index (κ3) is 5.24. The van der Waals surface area contributed by atoms with Gasteiger partial charge in [-0.1, -0.05) is 27.7 Å². The largest absolute Gasteiger partial charge is 0.462 e. The second-order valence-corrected chi connectivity index (χ2v) is 8.89. The third-order valence-electron chi connectivity index (χ3n) is 5.58. The fourth-order valence-corrected chi connectivity index (χ4v) is 4.60. The molecule has 1 atom stereocenters. The number of imidazole rings is 1. The molecule has 3 aromatic rings. The minimum Gasteiger partial charge on any atom is -0.462 e. The molecule has 1 aliphatic rings. The standard InChI is InChI=1S/C22H24F3N5O2S.C2H6/c1-5-32-20(31)14-11-26-21(28-18(14)22(23,24)25)30-9-8-29-16-10-13(33-4)6-7-15(16)27-19(29)17(30)12(2)3;1-2/h6-7,10-12,17H,5,8-9H2,1-4H3;1-2H3. The number of rotatable bonds is 5. The molecule has 190 valence electrons. The van der Waals surface area contributed by atoms with Crippen molar-refractivity contribution in [1.29, 1.82) is 0 Å². The van der Waals surface area contributed by atoms with E-state index < -0.39 is 23.4 Å². The Morgan fingerprint density at radius 1 is 1.23 bits per heavy atom. The molecule has 0 amide bonds. The van der Waals surface area contributed by atoms with Crippen LogP contribution >= 0.6 is 11.8 Å². The van der Waals surface area contributed by atoms with E-state index in [0.29, 0.717) is 13.1 Å². The van der Waals surface area contributed by atoms with Gasteiger partial charge in [0.25, 0.3) is 0 Å². The number of carbonyl (C=O) groups is 1. The molecule has 1 aliphatic heterocycles. The molecular weight excluding hydrogens is 479 g/mol. The van der Waals surface area contributed by atoms with Gasteiger partial charge in [0, 0.05) is 24.2 Å². The molecule has 3 heterocycles. The molecule has 0 spiro atoms. The quantitative estimate of drug-likeness (QED) is 0.309. The highest BCUT2D eigenvalue weighted by Crippen LogP contribution is 2.38. The van der Waals surface area contributed by atoms with E-state index in [1.807, 2.05) is 46.1 Å². The van der Waals surface area contributed by atoms with Gasteiger partial charge in [0.05, 0.1) is 23.7 Å². The highest BCUT2D eigenvalue weighted by atomic mass is 32.2. The number of anilines is 1. The summed E-state index contributed by atoms with van der Waals surface area (Å²) in [5.41, 5.74) is -0.151. The number of nitrogens with zero attached hydrogens (tertiary/aromatic N) is 5. The summed E-state index contributed by atoms with van der Waals surface area (Å²) in [5, 5.41) is 0. The van der Waals surface area contributed by atoms with E-state index in [2.05, 4.69) is 20.6 Å². The Labute approximate surface area is 207 Å². The minimum atomic E-state index is -4.83. The summed E-state index contributed by atoms with van der Waals surface area (Å²) in [7, 11) is 0. The fraction of sp³-hybridized carbons (Fsp3) is 0.500. The number of benzene rings is 1. The van der Waals surface area contributed by atoms with Crippen molar-refractivity contribution < 1.29 is 22.7 Å². The van der Waals surface area contributed by atoms with Gasteiger partial charge in [0.1, 0.15) is 11.4 Å². The lowest BCUT2D eigenvalue weighted by Gasteiger charge is -2.38. The van der Waals surface area contributed by atoms with Gasteiger partial charge in [-0.2, -0.15) is 13.2 Å². The first-order chi connectivity index (χ1) is 16.7. The van der Waals surface area contributed by atoms with E-state index >= 15 is 0 Å². The van der Waals surface area contributed by atoms with Crippen LogP contribution < -0.4 is 4.90 Å². The molecule has 0 bridgehead atoms. The maximum atomic E-state index is 13.8. The molecule has 0 radical (unpaired) electrons. The number of hydrogen-bond donors (Lipinski definition) is 0. The molecule has 0 saturated heterocycles. The van der Waals surface area contributed by atoms with E-state index in [1.54, 1.807) is 16.7 Å². The smallest absolute Gasteiger partial charge is 0.434 e. The van der Waals surface area contributed by atoms with E-state index in [1.165, 1.54) is 6.92 Å². The molecule has 0 saturated carbocycles. The van der Waals surface area contributed by atoms with Crippen LogP contribution in [0.1, 0.15) is 62.5 Å². The van der Waals surface area contributed by atoms with Gasteiger partial charge in [-0.15, -0.1) is 11.8 Å². The molecule has 1 aromatic carbocycles. The second kappa shape index (κ2) is 10.8. The number of aromatic nitrogens is 4. The lowest BCUT2D eigenvalue weighted by atomic mass is 10.00. The van der Waals surface area contributed by atoms with Crippen molar-refractivity contribution in [3.63, 3.8) is 0 Å².